The molecular weight excluding hydrogens is 244 g/mol. The molecule has 0 aromatic carbocycles. The molecule has 2 rings (SSSR count). The van der Waals surface area contributed by atoms with E-state index in [9.17, 15) is 4.79 Å². The van der Waals surface area contributed by atoms with Crippen LogP contribution in [0.2, 0.25) is 4.34 Å². The lowest BCUT2D eigenvalue weighted by Crippen LogP contribution is -2.48. The summed E-state index contributed by atoms with van der Waals surface area (Å²) in [6.07, 6.45) is 0. The zero-order valence-electron chi connectivity index (χ0n) is 9.28. The fraction of sp³-hybridized carbons (Fsp3) is 0.545. The van der Waals surface area contributed by atoms with Crippen molar-refractivity contribution in [1.29, 1.82) is 0 Å². The van der Waals surface area contributed by atoms with Crippen molar-refractivity contribution >= 4 is 28.8 Å². The predicted molar refractivity (Wildman–Crippen MR) is 67.3 cm³/mol. The second kappa shape index (κ2) is 5.17. The molecule has 1 aliphatic rings. The van der Waals surface area contributed by atoms with E-state index in [0.29, 0.717) is 4.34 Å². The number of likely N-dealkylation sites (N-methyl/N-ethyl adjacent to an activating group) is 1. The first kappa shape index (κ1) is 11.9. The van der Waals surface area contributed by atoms with Gasteiger partial charge in [0.05, 0.1) is 9.21 Å². The number of carbonyl (C=O) groups is 1. The molecule has 1 saturated heterocycles. The van der Waals surface area contributed by atoms with Crippen LogP contribution in [0.15, 0.2) is 12.1 Å². The van der Waals surface area contributed by atoms with Crippen LogP contribution >= 0.6 is 22.9 Å². The molecule has 0 saturated carbocycles. The molecule has 0 atom stereocenters. The van der Waals surface area contributed by atoms with Gasteiger partial charge in [-0.15, -0.1) is 11.3 Å². The van der Waals surface area contributed by atoms with Crippen LogP contribution in [-0.4, -0.2) is 48.4 Å². The fourth-order valence-corrected chi connectivity index (χ4v) is 2.86. The van der Waals surface area contributed by atoms with Gasteiger partial charge in [0.1, 0.15) is 0 Å². The topological polar surface area (TPSA) is 23.6 Å². The summed E-state index contributed by atoms with van der Waals surface area (Å²) in [5.74, 6) is 0.118. The Morgan fingerprint density at radius 1 is 1.38 bits per heavy atom. The van der Waals surface area contributed by atoms with Crippen molar-refractivity contribution in [2.45, 2.75) is 6.92 Å². The molecule has 1 aromatic rings. The third-order valence-electron chi connectivity index (χ3n) is 2.89. The number of halogens is 1. The van der Waals surface area contributed by atoms with Crippen LogP contribution in [0.4, 0.5) is 0 Å². The highest BCUT2D eigenvalue weighted by molar-refractivity contribution is 7.17. The summed E-state index contributed by atoms with van der Waals surface area (Å²) in [6, 6.07) is 3.59. The number of nitrogens with zero attached hydrogens (tertiary/aromatic N) is 2. The molecule has 0 bridgehead atoms. The van der Waals surface area contributed by atoms with Gasteiger partial charge in [0.25, 0.3) is 5.91 Å². The number of thiophene rings is 1. The minimum atomic E-state index is 0.118. The third kappa shape index (κ3) is 2.56. The molecule has 1 aliphatic heterocycles. The van der Waals surface area contributed by atoms with E-state index in [0.717, 1.165) is 37.6 Å². The van der Waals surface area contributed by atoms with Gasteiger partial charge in [0, 0.05) is 26.2 Å². The van der Waals surface area contributed by atoms with Crippen molar-refractivity contribution in [1.82, 2.24) is 9.80 Å². The van der Waals surface area contributed by atoms with Gasteiger partial charge in [0.15, 0.2) is 0 Å². The van der Waals surface area contributed by atoms with E-state index in [2.05, 4.69) is 11.8 Å². The second-order valence-corrected chi connectivity index (χ2v) is 5.55. The Balaban J connectivity index is 1.96. The van der Waals surface area contributed by atoms with E-state index in [1.54, 1.807) is 6.07 Å². The summed E-state index contributed by atoms with van der Waals surface area (Å²) >= 11 is 7.19. The van der Waals surface area contributed by atoms with E-state index < -0.39 is 0 Å². The normalized spacial score (nSPS) is 17.8. The maximum atomic E-state index is 12.1. The van der Waals surface area contributed by atoms with Crippen molar-refractivity contribution in [3.05, 3.63) is 21.3 Å². The lowest BCUT2D eigenvalue weighted by atomic mass is 10.3. The average Bonchev–Trinajstić information content (AvgIpc) is 2.75. The molecule has 5 heteroatoms. The number of carbonyl (C=O) groups excluding carboxylic acids is 1. The van der Waals surface area contributed by atoms with Gasteiger partial charge in [-0.25, -0.2) is 0 Å². The lowest BCUT2D eigenvalue weighted by molar-refractivity contribution is 0.0648. The lowest BCUT2D eigenvalue weighted by Gasteiger charge is -2.33. The van der Waals surface area contributed by atoms with Crippen LogP contribution in [0.3, 0.4) is 0 Å². The highest BCUT2D eigenvalue weighted by Crippen LogP contribution is 2.23. The zero-order chi connectivity index (χ0) is 11.5. The summed E-state index contributed by atoms with van der Waals surface area (Å²) in [5, 5.41) is 0. The summed E-state index contributed by atoms with van der Waals surface area (Å²) in [5.41, 5.74) is 0. The van der Waals surface area contributed by atoms with E-state index in [-0.39, 0.29) is 5.91 Å². The van der Waals surface area contributed by atoms with Crippen LogP contribution < -0.4 is 0 Å². The van der Waals surface area contributed by atoms with Gasteiger partial charge in [-0.3, -0.25) is 4.79 Å². The van der Waals surface area contributed by atoms with E-state index in [1.165, 1.54) is 11.3 Å². The Labute approximate surface area is 105 Å². The Morgan fingerprint density at radius 3 is 2.56 bits per heavy atom. The molecule has 1 aromatic heterocycles. The SMILES string of the molecule is CCN1CCN(C(=O)c2ccc(Cl)s2)CC1. The first-order valence-electron chi connectivity index (χ1n) is 5.47. The molecule has 16 heavy (non-hydrogen) atoms. The van der Waals surface area contributed by atoms with E-state index >= 15 is 0 Å². The molecule has 1 amide bonds. The number of hydrogen-bond donors (Lipinski definition) is 0. The van der Waals surface area contributed by atoms with Crippen LogP contribution in [0.1, 0.15) is 16.6 Å². The van der Waals surface area contributed by atoms with Crippen LogP contribution in [0, 0.1) is 0 Å². The molecule has 88 valence electrons. The standard InChI is InChI=1S/C11H15ClN2OS/c1-2-13-5-7-14(8-6-13)11(15)9-3-4-10(12)16-9/h3-4H,2,5-8H2,1H3. The first-order chi connectivity index (χ1) is 7.70. The molecule has 0 radical (unpaired) electrons. The summed E-state index contributed by atoms with van der Waals surface area (Å²) < 4.78 is 0.676. The quantitative estimate of drug-likeness (QED) is 0.812. The van der Waals surface area contributed by atoms with Crippen LogP contribution in [0.5, 0.6) is 0 Å². The van der Waals surface area contributed by atoms with E-state index in [4.69, 9.17) is 11.6 Å². The molecule has 0 aliphatic carbocycles. The minimum absolute atomic E-state index is 0.118. The van der Waals surface area contributed by atoms with Gasteiger partial charge in [-0.05, 0) is 18.7 Å². The maximum Gasteiger partial charge on any atom is 0.264 e. The van der Waals surface area contributed by atoms with Crippen molar-refractivity contribution in [2.24, 2.45) is 0 Å². The highest BCUT2D eigenvalue weighted by Gasteiger charge is 2.22. The second-order valence-electron chi connectivity index (χ2n) is 3.83. The number of rotatable bonds is 2. The van der Waals surface area contributed by atoms with Gasteiger partial charge >= 0.3 is 0 Å². The number of piperazine rings is 1. The molecule has 0 unspecified atom stereocenters. The third-order valence-corrected chi connectivity index (χ3v) is 4.11. The Kier molecular flexibility index (Phi) is 3.84. The summed E-state index contributed by atoms with van der Waals surface area (Å²) in [7, 11) is 0. The van der Waals surface area contributed by atoms with Crippen molar-refractivity contribution in [2.75, 3.05) is 32.7 Å². The monoisotopic (exact) mass is 258 g/mol. The first-order valence-corrected chi connectivity index (χ1v) is 6.67. The summed E-state index contributed by atoms with van der Waals surface area (Å²) in [6.45, 7) is 6.80. The zero-order valence-corrected chi connectivity index (χ0v) is 10.9. The number of hydrogen-bond acceptors (Lipinski definition) is 3. The smallest absolute Gasteiger partial charge is 0.264 e. The van der Waals surface area contributed by atoms with E-state index in [1.807, 2.05) is 11.0 Å². The molecule has 2 heterocycles. The fourth-order valence-electron chi connectivity index (χ4n) is 1.85. The van der Waals surface area contributed by atoms with Gasteiger partial charge in [0.2, 0.25) is 0 Å². The van der Waals surface area contributed by atoms with Gasteiger partial charge in [-0.2, -0.15) is 0 Å². The predicted octanol–water partition coefficient (Wildman–Crippen LogP) is 2.18. The molecule has 0 spiro atoms. The Morgan fingerprint density at radius 2 is 2.06 bits per heavy atom. The molecule has 1 fully saturated rings. The van der Waals surface area contributed by atoms with Crippen LogP contribution in [0.25, 0.3) is 0 Å². The van der Waals surface area contributed by atoms with Gasteiger partial charge in [-0.1, -0.05) is 18.5 Å². The van der Waals surface area contributed by atoms with Crippen molar-refractivity contribution in [3.8, 4) is 0 Å². The molecule has 0 N–H and O–H groups in total. The van der Waals surface area contributed by atoms with Gasteiger partial charge < -0.3 is 9.80 Å². The van der Waals surface area contributed by atoms with Crippen molar-refractivity contribution in [3.63, 3.8) is 0 Å². The minimum Gasteiger partial charge on any atom is -0.335 e. The average molecular weight is 259 g/mol. The molecule has 3 nitrogen and oxygen atoms in total. The Bertz CT molecular complexity index is 372. The van der Waals surface area contributed by atoms with Crippen molar-refractivity contribution < 1.29 is 4.79 Å². The van der Waals surface area contributed by atoms with Crippen LogP contribution in [-0.2, 0) is 0 Å². The largest absolute Gasteiger partial charge is 0.335 e. The summed E-state index contributed by atoms with van der Waals surface area (Å²) in [4.78, 5) is 17.1. The number of amides is 1. The molecular formula is C11H15ClN2OS. The Hall–Kier alpha value is -0.580. The maximum absolute atomic E-state index is 12.1. The highest BCUT2D eigenvalue weighted by atomic mass is 35.5.